The third-order valence-electron chi connectivity index (χ3n) is 7.00. The van der Waals surface area contributed by atoms with Crippen LogP contribution in [0, 0.1) is 5.92 Å². The third kappa shape index (κ3) is 6.41. The van der Waals surface area contributed by atoms with E-state index in [0.29, 0.717) is 24.8 Å². The maximum atomic E-state index is 11.4. The molecule has 1 amide bonds. The van der Waals surface area contributed by atoms with Gasteiger partial charge in [-0.1, -0.05) is 39.8 Å². The first kappa shape index (κ1) is 29.1. The van der Waals surface area contributed by atoms with Gasteiger partial charge in [0.05, 0.1) is 19.2 Å². The van der Waals surface area contributed by atoms with Gasteiger partial charge < -0.3 is 29.7 Å². The summed E-state index contributed by atoms with van der Waals surface area (Å²) < 4.78 is 16.7. The molecule has 0 radical (unpaired) electrons. The summed E-state index contributed by atoms with van der Waals surface area (Å²) in [5, 5.41) is 14.6. The number of carbonyl (C=O) groups is 1. The molecule has 2 aromatic heterocycles. The van der Waals surface area contributed by atoms with Crippen LogP contribution >= 0.6 is 0 Å². The van der Waals surface area contributed by atoms with Gasteiger partial charge in [0.1, 0.15) is 18.2 Å². The lowest BCUT2D eigenvalue weighted by Gasteiger charge is -2.28. The van der Waals surface area contributed by atoms with Crippen molar-refractivity contribution >= 4 is 40.0 Å². The lowest BCUT2D eigenvalue weighted by molar-refractivity contribution is -0.117. The fourth-order valence-corrected chi connectivity index (χ4v) is 4.59. The topological polar surface area (TPSA) is 127 Å². The molecule has 3 aliphatic rings. The van der Waals surface area contributed by atoms with E-state index < -0.39 is 0 Å². The number of amides is 1. The second-order valence-corrected chi connectivity index (χ2v) is 10.3. The second kappa shape index (κ2) is 13.1. The Balaban J connectivity index is 0.000000187. The van der Waals surface area contributed by atoms with Gasteiger partial charge in [-0.2, -0.15) is 5.10 Å². The van der Waals surface area contributed by atoms with Crippen molar-refractivity contribution in [2.75, 3.05) is 42.4 Å². The average molecular weight is 574 g/mol. The number of carbonyl (C=O) groups excluding carboxylic acids is 1. The van der Waals surface area contributed by atoms with Crippen LogP contribution < -0.4 is 25.0 Å². The number of anilines is 4. The minimum atomic E-state index is -0.146. The van der Waals surface area contributed by atoms with E-state index in [2.05, 4.69) is 39.6 Å². The number of hydrogen-bond acceptors (Lipinski definition) is 9. The van der Waals surface area contributed by atoms with Crippen molar-refractivity contribution in [3.63, 3.8) is 0 Å². The van der Waals surface area contributed by atoms with Crippen LogP contribution in [0.5, 0.6) is 11.5 Å². The summed E-state index contributed by atoms with van der Waals surface area (Å²) in [6, 6.07) is 15.3. The lowest BCUT2D eigenvalue weighted by atomic mass is 10.2. The zero-order valence-corrected chi connectivity index (χ0v) is 24.8. The molecule has 1 unspecified atom stereocenters. The molecule has 2 aliphatic heterocycles. The molecule has 2 aromatic carbocycles. The lowest BCUT2D eigenvalue weighted by Crippen LogP contribution is -2.45. The largest absolute Gasteiger partial charge is 0.497 e. The number of nitrogens with one attached hydrogen (secondary N) is 3. The Morgan fingerprint density at radius 2 is 1.83 bits per heavy atom. The van der Waals surface area contributed by atoms with Crippen LogP contribution in [-0.2, 0) is 9.53 Å². The van der Waals surface area contributed by atoms with E-state index in [9.17, 15) is 4.79 Å². The zero-order valence-electron chi connectivity index (χ0n) is 24.8. The predicted molar refractivity (Wildman–Crippen MR) is 164 cm³/mol. The number of hydrogen-bond donors (Lipinski definition) is 3. The molecule has 2 fully saturated rings. The van der Waals surface area contributed by atoms with Crippen LogP contribution in [0.4, 0.5) is 23.1 Å². The van der Waals surface area contributed by atoms with Crippen LogP contribution in [0.3, 0.4) is 0 Å². The van der Waals surface area contributed by atoms with E-state index in [1.807, 2.05) is 62.4 Å². The number of rotatable bonds is 6. The first-order chi connectivity index (χ1) is 20.5. The number of benzene rings is 2. The van der Waals surface area contributed by atoms with Gasteiger partial charge in [0.25, 0.3) is 0 Å². The Kier molecular flexibility index (Phi) is 9.06. The van der Waals surface area contributed by atoms with E-state index in [-0.39, 0.29) is 24.0 Å². The highest BCUT2D eigenvalue weighted by atomic mass is 16.6. The van der Waals surface area contributed by atoms with E-state index in [0.717, 1.165) is 59.2 Å². The van der Waals surface area contributed by atoms with Crippen molar-refractivity contribution in [1.82, 2.24) is 20.2 Å². The van der Waals surface area contributed by atoms with Gasteiger partial charge >= 0.3 is 0 Å². The number of H-pyrrole nitrogens is 1. The molecule has 1 saturated heterocycles. The molecule has 0 spiro atoms. The molecule has 222 valence electrons. The quantitative estimate of drug-likeness (QED) is 0.261. The summed E-state index contributed by atoms with van der Waals surface area (Å²) in [5.41, 5.74) is 1.80. The zero-order chi connectivity index (χ0) is 29.6. The SMILES string of the molecule is CC.CC(C)c1nc(Nc2n[nH]c3ccccc23)c2c(n1)N1CCOCC1O2.COc1ccc(NC(=O)C2CC2)cc1. The maximum Gasteiger partial charge on any atom is 0.227 e. The molecule has 42 heavy (non-hydrogen) atoms. The summed E-state index contributed by atoms with van der Waals surface area (Å²) >= 11 is 0. The van der Waals surface area contributed by atoms with E-state index >= 15 is 0 Å². The van der Waals surface area contributed by atoms with Crippen LogP contribution in [0.1, 0.15) is 52.3 Å². The molecule has 1 saturated carbocycles. The highest BCUT2D eigenvalue weighted by Crippen LogP contribution is 2.43. The summed E-state index contributed by atoms with van der Waals surface area (Å²) in [4.78, 5) is 23.0. The first-order valence-electron chi connectivity index (χ1n) is 14.6. The number of nitrogens with zero attached hydrogens (tertiary/aromatic N) is 4. The van der Waals surface area contributed by atoms with Gasteiger partial charge in [-0.3, -0.25) is 9.89 Å². The van der Waals surface area contributed by atoms with Crippen molar-refractivity contribution in [3.05, 3.63) is 54.4 Å². The Morgan fingerprint density at radius 3 is 2.55 bits per heavy atom. The van der Waals surface area contributed by atoms with Gasteiger partial charge in [0.15, 0.2) is 23.7 Å². The number of aromatic amines is 1. The Morgan fingerprint density at radius 1 is 1.07 bits per heavy atom. The Labute approximate surface area is 246 Å². The number of aromatic nitrogens is 4. The Bertz CT molecular complexity index is 1500. The van der Waals surface area contributed by atoms with Gasteiger partial charge in [-0.15, -0.1) is 0 Å². The molecule has 4 aromatic rings. The summed E-state index contributed by atoms with van der Waals surface area (Å²) in [6.45, 7) is 10.1. The van der Waals surface area contributed by atoms with Crippen LogP contribution in [0.25, 0.3) is 10.9 Å². The monoisotopic (exact) mass is 573 g/mol. The number of fused-ring (bicyclic) bond motifs is 4. The molecule has 11 nitrogen and oxygen atoms in total. The molecule has 1 aliphatic carbocycles. The molecule has 1 atom stereocenters. The fourth-order valence-electron chi connectivity index (χ4n) is 4.59. The minimum Gasteiger partial charge on any atom is -0.497 e. The van der Waals surface area contributed by atoms with Crippen molar-refractivity contribution in [1.29, 1.82) is 0 Å². The highest BCUT2D eigenvalue weighted by molar-refractivity contribution is 5.94. The molecule has 0 bridgehead atoms. The molecular weight excluding hydrogens is 534 g/mol. The number of ether oxygens (including phenoxy) is 3. The Hall–Kier alpha value is -4.38. The molecular formula is C31H39N7O4. The number of para-hydroxylation sites is 1. The highest BCUT2D eigenvalue weighted by Gasteiger charge is 2.38. The first-order valence-corrected chi connectivity index (χ1v) is 14.6. The van der Waals surface area contributed by atoms with Gasteiger partial charge in [0, 0.05) is 29.5 Å². The van der Waals surface area contributed by atoms with E-state index in [1.165, 1.54) is 0 Å². The summed E-state index contributed by atoms with van der Waals surface area (Å²) in [6.07, 6.45) is 1.91. The molecule has 3 N–H and O–H groups in total. The number of methoxy groups -OCH3 is 1. The fraction of sp³-hybridized carbons (Fsp3) is 0.419. The van der Waals surface area contributed by atoms with Crippen LogP contribution in [-0.4, -0.2) is 59.2 Å². The number of morpholine rings is 1. The summed E-state index contributed by atoms with van der Waals surface area (Å²) in [7, 11) is 1.62. The molecule has 7 rings (SSSR count). The third-order valence-corrected chi connectivity index (χ3v) is 7.00. The van der Waals surface area contributed by atoms with Crippen molar-refractivity contribution in [2.45, 2.75) is 52.7 Å². The van der Waals surface area contributed by atoms with E-state index in [4.69, 9.17) is 24.2 Å². The summed E-state index contributed by atoms with van der Waals surface area (Å²) in [5.74, 6) is 5.03. The van der Waals surface area contributed by atoms with Crippen molar-refractivity contribution in [2.24, 2.45) is 5.92 Å². The minimum absolute atomic E-state index is 0.134. The van der Waals surface area contributed by atoms with Crippen LogP contribution in [0.15, 0.2) is 48.5 Å². The van der Waals surface area contributed by atoms with Gasteiger partial charge in [-0.05, 0) is 49.2 Å². The predicted octanol–water partition coefficient (Wildman–Crippen LogP) is 5.84. The smallest absolute Gasteiger partial charge is 0.227 e. The maximum absolute atomic E-state index is 11.4. The van der Waals surface area contributed by atoms with Crippen LogP contribution in [0.2, 0.25) is 0 Å². The second-order valence-electron chi connectivity index (χ2n) is 10.3. The normalized spacial score (nSPS) is 16.7. The van der Waals surface area contributed by atoms with Crippen molar-refractivity contribution < 1.29 is 19.0 Å². The van der Waals surface area contributed by atoms with Gasteiger partial charge in [-0.25, -0.2) is 9.97 Å². The van der Waals surface area contributed by atoms with Gasteiger partial charge in [0.2, 0.25) is 11.7 Å². The van der Waals surface area contributed by atoms with E-state index in [1.54, 1.807) is 7.11 Å². The van der Waals surface area contributed by atoms with Crippen molar-refractivity contribution in [3.8, 4) is 11.5 Å². The molecule has 4 heterocycles. The average Bonchev–Trinajstić information content (AvgIpc) is 3.71. The standard InChI is InChI=1S/C18H20N6O2.C11H13NO2.C2H6/c1-10(2)15-19-17(20-16-11-5-3-4-6-12(11)22-23-16)14-18(21-15)24-7-8-25-9-13(24)26-14;1-14-10-6-4-9(5-7-10)12-11(13)8-2-3-8;1-2/h3-6,10,13H,7-9H2,1-2H3,(H2,19,20,21,22,23);4-8H,2-3H2,1H3,(H,12,13);1-2H3. The molecule has 11 heteroatoms.